The van der Waals surface area contributed by atoms with Gasteiger partial charge in [0, 0.05) is 16.9 Å². The second-order valence-corrected chi connectivity index (χ2v) is 5.84. The van der Waals surface area contributed by atoms with E-state index in [1.165, 1.54) is 11.3 Å². The standard InChI is InChI=1S/C15H15N3O3S/c1-21-11-6-4-10(5-7-11)15-16-12(8-22-15)14(20)18-17-13(19)9-2-3-9/h4-9H,2-3H2,1H3,(H,17,19)(H,18,20). The van der Waals surface area contributed by atoms with E-state index in [0.717, 1.165) is 29.2 Å². The molecule has 2 aromatic rings. The molecular weight excluding hydrogens is 302 g/mol. The molecule has 0 aliphatic heterocycles. The molecule has 1 aliphatic rings. The maximum Gasteiger partial charge on any atom is 0.289 e. The highest BCUT2D eigenvalue weighted by Crippen LogP contribution is 2.28. The number of carbonyl (C=O) groups is 2. The summed E-state index contributed by atoms with van der Waals surface area (Å²) in [6.07, 6.45) is 1.78. The van der Waals surface area contributed by atoms with Gasteiger partial charge in [0.2, 0.25) is 5.91 Å². The number of hydrazine groups is 1. The Hall–Kier alpha value is -2.41. The first kappa shape index (κ1) is 14.5. The molecule has 6 nitrogen and oxygen atoms in total. The first-order chi connectivity index (χ1) is 10.7. The zero-order chi connectivity index (χ0) is 15.5. The number of nitrogens with zero attached hydrogens (tertiary/aromatic N) is 1. The van der Waals surface area contributed by atoms with Crippen molar-refractivity contribution in [1.29, 1.82) is 0 Å². The fraction of sp³-hybridized carbons (Fsp3) is 0.267. The Balaban J connectivity index is 1.64. The van der Waals surface area contributed by atoms with Crippen molar-refractivity contribution < 1.29 is 14.3 Å². The molecule has 1 aromatic heterocycles. The van der Waals surface area contributed by atoms with E-state index < -0.39 is 5.91 Å². The quantitative estimate of drug-likeness (QED) is 0.845. The van der Waals surface area contributed by atoms with Gasteiger partial charge >= 0.3 is 0 Å². The fourth-order valence-electron chi connectivity index (χ4n) is 1.87. The van der Waals surface area contributed by atoms with Crippen LogP contribution in [0, 0.1) is 5.92 Å². The largest absolute Gasteiger partial charge is 0.497 e. The molecule has 1 aromatic carbocycles. The Kier molecular flexibility index (Phi) is 4.06. The highest BCUT2D eigenvalue weighted by Gasteiger charge is 2.29. The van der Waals surface area contributed by atoms with Crippen LogP contribution in [0.5, 0.6) is 5.75 Å². The van der Waals surface area contributed by atoms with Crippen LogP contribution in [-0.2, 0) is 4.79 Å². The van der Waals surface area contributed by atoms with Gasteiger partial charge in [-0.05, 0) is 37.1 Å². The zero-order valence-electron chi connectivity index (χ0n) is 12.0. The van der Waals surface area contributed by atoms with Gasteiger partial charge in [0.05, 0.1) is 7.11 Å². The molecule has 1 aliphatic carbocycles. The number of carbonyl (C=O) groups excluding carboxylic acids is 2. The van der Waals surface area contributed by atoms with E-state index in [4.69, 9.17) is 4.74 Å². The van der Waals surface area contributed by atoms with E-state index in [9.17, 15) is 9.59 Å². The number of methoxy groups -OCH3 is 1. The van der Waals surface area contributed by atoms with Gasteiger partial charge in [-0.2, -0.15) is 0 Å². The van der Waals surface area contributed by atoms with Crippen molar-refractivity contribution in [3.05, 3.63) is 35.3 Å². The normalized spacial score (nSPS) is 13.5. The third-order valence-corrected chi connectivity index (χ3v) is 4.21. The lowest BCUT2D eigenvalue weighted by Gasteiger charge is -2.04. The molecule has 3 rings (SSSR count). The van der Waals surface area contributed by atoms with Crippen LogP contribution in [0.25, 0.3) is 10.6 Å². The summed E-state index contributed by atoms with van der Waals surface area (Å²) in [5, 5.41) is 2.40. The molecule has 2 amide bonds. The van der Waals surface area contributed by atoms with Gasteiger partial charge in [-0.15, -0.1) is 11.3 Å². The summed E-state index contributed by atoms with van der Waals surface area (Å²) in [4.78, 5) is 27.7. The van der Waals surface area contributed by atoms with Gasteiger partial charge in [-0.3, -0.25) is 20.4 Å². The minimum Gasteiger partial charge on any atom is -0.497 e. The molecule has 0 atom stereocenters. The third-order valence-electron chi connectivity index (χ3n) is 3.32. The van der Waals surface area contributed by atoms with Crippen molar-refractivity contribution in [2.75, 3.05) is 7.11 Å². The Labute approximate surface area is 131 Å². The van der Waals surface area contributed by atoms with Crippen molar-refractivity contribution in [3.8, 4) is 16.3 Å². The second-order valence-electron chi connectivity index (χ2n) is 4.98. The molecule has 7 heteroatoms. The fourth-order valence-corrected chi connectivity index (χ4v) is 2.68. The van der Waals surface area contributed by atoms with Gasteiger partial charge in [-0.1, -0.05) is 0 Å². The molecule has 114 valence electrons. The molecule has 1 saturated carbocycles. The summed E-state index contributed by atoms with van der Waals surface area (Å²) in [5.74, 6) is 0.260. The zero-order valence-corrected chi connectivity index (χ0v) is 12.8. The Morgan fingerprint density at radius 1 is 1.23 bits per heavy atom. The molecule has 22 heavy (non-hydrogen) atoms. The highest BCUT2D eigenvalue weighted by molar-refractivity contribution is 7.13. The molecule has 0 unspecified atom stereocenters. The van der Waals surface area contributed by atoms with Gasteiger partial charge in [0.25, 0.3) is 5.91 Å². The molecule has 0 radical (unpaired) electrons. The van der Waals surface area contributed by atoms with Gasteiger partial charge in [0.15, 0.2) is 0 Å². The summed E-state index contributed by atoms with van der Waals surface area (Å²) in [6, 6.07) is 7.45. The Bertz CT molecular complexity index is 692. The minimum atomic E-state index is -0.412. The van der Waals surface area contributed by atoms with Gasteiger partial charge in [0.1, 0.15) is 16.5 Å². The number of hydrogen-bond acceptors (Lipinski definition) is 5. The SMILES string of the molecule is COc1ccc(-c2nc(C(=O)NNC(=O)C3CC3)cs2)cc1. The average Bonchev–Trinajstić information content (AvgIpc) is 3.29. The van der Waals surface area contributed by atoms with Crippen molar-refractivity contribution in [3.63, 3.8) is 0 Å². The van der Waals surface area contributed by atoms with Crippen LogP contribution in [-0.4, -0.2) is 23.9 Å². The predicted octanol–water partition coefficient (Wildman–Crippen LogP) is 1.99. The second kappa shape index (κ2) is 6.15. The molecule has 1 heterocycles. The van der Waals surface area contributed by atoms with E-state index in [-0.39, 0.29) is 17.5 Å². The Morgan fingerprint density at radius 2 is 1.95 bits per heavy atom. The summed E-state index contributed by atoms with van der Waals surface area (Å²) >= 11 is 1.37. The predicted molar refractivity (Wildman–Crippen MR) is 82.4 cm³/mol. The van der Waals surface area contributed by atoms with Crippen molar-refractivity contribution in [1.82, 2.24) is 15.8 Å². The molecule has 0 saturated heterocycles. The van der Waals surface area contributed by atoms with Crippen LogP contribution in [0.3, 0.4) is 0 Å². The highest BCUT2D eigenvalue weighted by atomic mass is 32.1. The van der Waals surface area contributed by atoms with E-state index in [2.05, 4.69) is 15.8 Å². The van der Waals surface area contributed by atoms with E-state index in [1.54, 1.807) is 12.5 Å². The van der Waals surface area contributed by atoms with Crippen LogP contribution in [0.15, 0.2) is 29.6 Å². The maximum atomic E-state index is 11.9. The van der Waals surface area contributed by atoms with Crippen molar-refractivity contribution in [2.24, 2.45) is 5.92 Å². The summed E-state index contributed by atoms with van der Waals surface area (Å²) < 4.78 is 5.11. The number of rotatable bonds is 4. The molecular formula is C15H15N3O3S. The molecule has 0 spiro atoms. The van der Waals surface area contributed by atoms with Crippen LogP contribution >= 0.6 is 11.3 Å². The number of nitrogens with one attached hydrogen (secondary N) is 2. The van der Waals surface area contributed by atoms with Crippen LogP contribution < -0.4 is 15.6 Å². The number of amides is 2. The van der Waals surface area contributed by atoms with E-state index in [0.29, 0.717) is 0 Å². The number of ether oxygens (including phenoxy) is 1. The molecule has 0 bridgehead atoms. The first-order valence-corrected chi connectivity index (χ1v) is 7.75. The van der Waals surface area contributed by atoms with Crippen LogP contribution in [0.4, 0.5) is 0 Å². The number of hydrogen-bond donors (Lipinski definition) is 2. The lowest BCUT2D eigenvalue weighted by Crippen LogP contribution is -2.42. The summed E-state index contributed by atoms with van der Waals surface area (Å²) in [5.41, 5.74) is 6.00. The van der Waals surface area contributed by atoms with E-state index >= 15 is 0 Å². The van der Waals surface area contributed by atoms with Crippen molar-refractivity contribution in [2.45, 2.75) is 12.8 Å². The summed E-state index contributed by atoms with van der Waals surface area (Å²) in [6.45, 7) is 0. The summed E-state index contributed by atoms with van der Waals surface area (Å²) in [7, 11) is 1.61. The molecule has 1 fully saturated rings. The van der Waals surface area contributed by atoms with Gasteiger partial charge in [-0.25, -0.2) is 4.98 Å². The smallest absolute Gasteiger partial charge is 0.289 e. The van der Waals surface area contributed by atoms with Gasteiger partial charge < -0.3 is 4.74 Å². The molecule has 2 N–H and O–H groups in total. The van der Waals surface area contributed by atoms with Crippen LogP contribution in [0.2, 0.25) is 0 Å². The number of aromatic nitrogens is 1. The van der Waals surface area contributed by atoms with E-state index in [1.807, 2.05) is 24.3 Å². The van der Waals surface area contributed by atoms with Crippen LogP contribution in [0.1, 0.15) is 23.3 Å². The van der Waals surface area contributed by atoms with Crippen molar-refractivity contribution >= 4 is 23.2 Å². The first-order valence-electron chi connectivity index (χ1n) is 6.87. The number of thiazole rings is 1. The maximum absolute atomic E-state index is 11.9. The third kappa shape index (κ3) is 3.25. The Morgan fingerprint density at radius 3 is 2.59 bits per heavy atom. The lowest BCUT2D eigenvalue weighted by atomic mass is 10.2. The average molecular weight is 317 g/mol. The monoisotopic (exact) mass is 317 g/mol. The number of benzene rings is 1. The topological polar surface area (TPSA) is 80.3 Å². The lowest BCUT2D eigenvalue weighted by molar-refractivity contribution is -0.123. The minimum absolute atomic E-state index is 0.0468.